The van der Waals surface area contributed by atoms with E-state index in [2.05, 4.69) is 18.3 Å². The molecule has 1 aromatic carbocycles. The Kier molecular flexibility index (Phi) is 5.34. The zero-order valence-electron chi connectivity index (χ0n) is 14.5. The standard InChI is InChI=1S/C20H27NO3/c1-2-20(13-24-14-20)12-21-19(23)10-9-18(22)17-8-7-15-5-3-4-6-16(15)11-17/h7-8,11H,2-6,9-10,12-14H2,1H3,(H,21,23). The van der Waals surface area contributed by atoms with Crippen molar-refractivity contribution in [3.05, 3.63) is 34.9 Å². The molecule has 4 nitrogen and oxygen atoms in total. The largest absolute Gasteiger partial charge is 0.380 e. The highest BCUT2D eigenvalue weighted by Crippen LogP contribution is 2.30. The monoisotopic (exact) mass is 329 g/mol. The Hall–Kier alpha value is -1.68. The molecular formula is C20H27NO3. The molecule has 3 rings (SSSR count). The van der Waals surface area contributed by atoms with Gasteiger partial charge in [0.25, 0.3) is 0 Å². The first-order chi connectivity index (χ1) is 11.6. The molecule has 0 aromatic heterocycles. The number of ketones is 1. The summed E-state index contributed by atoms with van der Waals surface area (Å²) in [6.07, 6.45) is 6.17. The van der Waals surface area contributed by atoms with Gasteiger partial charge < -0.3 is 10.1 Å². The van der Waals surface area contributed by atoms with Gasteiger partial charge in [0.15, 0.2) is 5.78 Å². The fraction of sp³-hybridized carbons (Fsp3) is 0.600. The number of hydrogen-bond acceptors (Lipinski definition) is 3. The molecule has 1 aromatic rings. The van der Waals surface area contributed by atoms with Gasteiger partial charge in [-0.25, -0.2) is 0 Å². The average Bonchev–Trinajstić information content (AvgIpc) is 2.58. The number of amides is 1. The zero-order chi connectivity index (χ0) is 17.0. The van der Waals surface area contributed by atoms with Gasteiger partial charge in [-0.15, -0.1) is 0 Å². The van der Waals surface area contributed by atoms with Crippen LogP contribution in [0.15, 0.2) is 18.2 Å². The fourth-order valence-electron chi connectivity index (χ4n) is 3.47. The Balaban J connectivity index is 1.47. The van der Waals surface area contributed by atoms with E-state index in [9.17, 15) is 9.59 Å². The number of aryl methyl sites for hydroxylation is 2. The number of rotatable bonds is 7. The summed E-state index contributed by atoms with van der Waals surface area (Å²) in [5.74, 6) is 0.0248. The van der Waals surface area contributed by atoms with Crippen LogP contribution in [0, 0.1) is 5.41 Å². The quantitative estimate of drug-likeness (QED) is 0.782. The molecule has 130 valence electrons. The van der Waals surface area contributed by atoms with Gasteiger partial charge >= 0.3 is 0 Å². The number of nitrogens with one attached hydrogen (secondary N) is 1. The number of fused-ring (bicyclic) bond motifs is 1. The Bertz CT molecular complexity index is 614. The number of hydrogen-bond donors (Lipinski definition) is 1. The SMILES string of the molecule is CCC1(CNC(=O)CCC(=O)c2ccc3c(c2)CCCC3)COC1. The van der Waals surface area contributed by atoms with Crippen molar-refractivity contribution in [2.24, 2.45) is 5.41 Å². The van der Waals surface area contributed by atoms with Crippen LogP contribution < -0.4 is 5.32 Å². The summed E-state index contributed by atoms with van der Waals surface area (Å²) in [6.45, 7) is 4.21. The number of carbonyl (C=O) groups excluding carboxylic acids is 2. The molecule has 0 unspecified atom stereocenters. The molecule has 1 saturated heterocycles. The molecule has 0 bridgehead atoms. The van der Waals surface area contributed by atoms with Crippen molar-refractivity contribution >= 4 is 11.7 Å². The minimum Gasteiger partial charge on any atom is -0.380 e. The number of benzene rings is 1. The molecule has 24 heavy (non-hydrogen) atoms. The first-order valence-electron chi connectivity index (χ1n) is 9.11. The lowest BCUT2D eigenvalue weighted by atomic mass is 9.83. The molecule has 4 heteroatoms. The van der Waals surface area contributed by atoms with Crippen molar-refractivity contribution in [2.45, 2.75) is 51.9 Å². The second kappa shape index (κ2) is 7.47. The van der Waals surface area contributed by atoms with E-state index in [0.717, 1.165) is 38.0 Å². The van der Waals surface area contributed by atoms with Gasteiger partial charge in [0.1, 0.15) is 0 Å². The number of ether oxygens (including phenoxy) is 1. The van der Waals surface area contributed by atoms with Crippen LogP contribution in [0.3, 0.4) is 0 Å². The predicted octanol–water partition coefficient (Wildman–Crippen LogP) is 3.07. The van der Waals surface area contributed by atoms with E-state index < -0.39 is 0 Å². The average molecular weight is 329 g/mol. The second-order valence-electron chi connectivity index (χ2n) is 7.24. The molecule has 0 saturated carbocycles. The highest BCUT2D eigenvalue weighted by molar-refractivity contribution is 5.98. The maximum Gasteiger partial charge on any atom is 0.220 e. The van der Waals surface area contributed by atoms with Crippen LogP contribution in [0.2, 0.25) is 0 Å². The zero-order valence-corrected chi connectivity index (χ0v) is 14.5. The summed E-state index contributed by atoms with van der Waals surface area (Å²) in [5, 5.41) is 2.96. The van der Waals surface area contributed by atoms with Crippen molar-refractivity contribution in [3.63, 3.8) is 0 Å². The molecule has 0 radical (unpaired) electrons. The summed E-state index contributed by atoms with van der Waals surface area (Å²) < 4.78 is 5.26. The Morgan fingerprint density at radius 1 is 1.12 bits per heavy atom. The van der Waals surface area contributed by atoms with Gasteiger partial charge in [-0.05, 0) is 49.3 Å². The van der Waals surface area contributed by atoms with E-state index in [1.165, 1.54) is 24.0 Å². The van der Waals surface area contributed by atoms with Crippen LogP contribution in [0.1, 0.15) is 60.5 Å². The third-order valence-corrected chi connectivity index (χ3v) is 5.48. The normalized spacial score (nSPS) is 18.4. The summed E-state index contributed by atoms with van der Waals surface area (Å²) in [5.41, 5.74) is 3.55. The van der Waals surface area contributed by atoms with Gasteiger partial charge in [0.2, 0.25) is 5.91 Å². The Labute approximate surface area is 144 Å². The summed E-state index contributed by atoms with van der Waals surface area (Å²) in [4.78, 5) is 24.4. The van der Waals surface area contributed by atoms with E-state index in [4.69, 9.17) is 4.74 Å². The second-order valence-corrected chi connectivity index (χ2v) is 7.24. The Morgan fingerprint density at radius 3 is 2.54 bits per heavy atom. The third kappa shape index (κ3) is 3.86. The van der Waals surface area contributed by atoms with Crippen LogP contribution in [0.4, 0.5) is 0 Å². The van der Waals surface area contributed by atoms with Crippen LogP contribution >= 0.6 is 0 Å². The third-order valence-electron chi connectivity index (χ3n) is 5.48. The topological polar surface area (TPSA) is 55.4 Å². The van der Waals surface area contributed by atoms with Crippen molar-refractivity contribution in [1.29, 1.82) is 0 Å². The smallest absolute Gasteiger partial charge is 0.220 e. The molecule has 0 atom stereocenters. The lowest BCUT2D eigenvalue weighted by molar-refractivity contribution is -0.130. The molecule has 1 N–H and O–H groups in total. The van der Waals surface area contributed by atoms with Gasteiger partial charge in [-0.2, -0.15) is 0 Å². The van der Waals surface area contributed by atoms with Crippen molar-refractivity contribution < 1.29 is 14.3 Å². The van der Waals surface area contributed by atoms with Gasteiger partial charge in [-0.1, -0.05) is 19.1 Å². The lowest BCUT2D eigenvalue weighted by Crippen LogP contribution is -2.50. The minimum atomic E-state index is -0.0407. The molecule has 2 aliphatic rings. The molecule has 1 amide bonds. The predicted molar refractivity (Wildman–Crippen MR) is 93.2 cm³/mol. The summed E-state index contributed by atoms with van der Waals surface area (Å²) in [6, 6.07) is 6.04. The fourth-order valence-corrected chi connectivity index (χ4v) is 3.47. The van der Waals surface area contributed by atoms with Crippen LogP contribution in [-0.2, 0) is 22.4 Å². The maximum atomic E-state index is 12.4. The summed E-state index contributed by atoms with van der Waals surface area (Å²) in [7, 11) is 0. The van der Waals surface area contributed by atoms with E-state index >= 15 is 0 Å². The van der Waals surface area contributed by atoms with Gasteiger partial charge in [0.05, 0.1) is 13.2 Å². The lowest BCUT2D eigenvalue weighted by Gasteiger charge is -2.40. The van der Waals surface area contributed by atoms with Crippen LogP contribution in [0.5, 0.6) is 0 Å². The summed E-state index contributed by atoms with van der Waals surface area (Å²) >= 11 is 0. The minimum absolute atomic E-state index is 0.0407. The van der Waals surface area contributed by atoms with Crippen molar-refractivity contribution in [1.82, 2.24) is 5.32 Å². The highest BCUT2D eigenvalue weighted by atomic mass is 16.5. The molecule has 1 aliphatic carbocycles. The van der Waals surface area contributed by atoms with E-state index in [1.807, 2.05) is 12.1 Å². The van der Waals surface area contributed by atoms with Gasteiger partial charge in [0, 0.05) is 30.4 Å². The first-order valence-corrected chi connectivity index (χ1v) is 9.11. The van der Waals surface area contributed by atoms with E-state index in [1.54, 1.807) is 0 Å². The maximum absolute atomic E-state index is 12.4. The molecule has 1 fully saturated rings. The number of Topliss-reactive ketones (excluding diaryl/α,β-unsaturated/α-hetero) is 1. The highest BCUT2D eigenvalue weighted by Gasteiger charge is 2.36. The van der Waals surface area contributed by atoms with E-state index in [-0.39, 0.29) is 29.9 Å². The Morgan fingerprint density at radius 2 is 1.88 bits per heavy atom. The van der Waals surface area contributed by atoms with E-state index in [0.29, 0.717) is 6.54 Å². The van der Waals surface area contributed by atoms with Crippen LogP contribution in [-0.4, -0.2) is 31.4 Å². The van der Waals surface area contributed by atoms with Crippen molar-refractivity contribution in [2.75, 3.05) is 19.8 Å². The molecule has 0 spiro atoms. The molecule has 1 heterocycles. The molecule has 1 aliphatic heterocycles. The first kappa shape index (κ1) is 17.2. The number of carbonyl (C=O) groups is 2. The van der Waals surface area contributed by atoms with Crippen LogP contribution in [0.25, 0.3) is 0 Å². The van der Waals surface area contributed by atoms with Crippen molar-refractivity contribution in [3.8, 4) is 0 Å². The van der Waals surface area contributed by atoms with Gasteiger partial charge in [-0.3, -0.25) is 9.59 Å². The molecular weight excluding hydrogens is 302 g/mol.